The van der Waals surface area contributed by atoms with E-state index in [1.54, 1.807) is 0 Å². The first kappa shape index (κ1) is 13.3. The Morgan fingerprint density at radius 2 is 1.88 bits per heavy atom. The minimum atomic E-state index is 0.0302. The third kappa shape index (κ3) is 3.43. The van der Waals surface area contributed by atoms with Crippen molar-refractivity contribution in [1.29, 1.82) is 0 Å². The first-order valence-corrected chi connectivity index (χ1v) is 7.23. The Morgan fingerprint density at radius 3 is 2.47 bits per heavy atom. The lowest BCUT2D eigenvalue weighted by molar-refractivity contribution is -0.109. The molecule has 2 aliphatic rings. The molecule has 0 aromatic rings. The van der Waals surface area contributed by atoms with E-state index in [4.69, 9.17) is 4.74 Å². The minimum absolute atomic E-state index is 0.0302. The monoisotopic (exact) mass is 241 g/mol. The van der Waals surface area contributed by atoms with E-state index in [0.717, 1.165) is 25.0 Å². The smallest absolute Gasteiger partial charge is 0.0936 e. The molecule has 0 spiro atoms. The predicted molar refractivity (Wildman–Crippen MR) is 69.0 cm³/mol. The van der Waals surface area contributed by atoms with Gasteiger partial charge in [0.1, 0.15) is 0 Å². The summed E-state index contributed by atoms with van der Waals surface area (Å²) >= 11 is 0. The van der Waals surface area contributed by atoms with Crippen molar-refractivity contribution in [1.82, 2.24) is 4.90 Å². The van der Waals surface area contributed by atoms with Gasteiger partial charge < -0.3 is 9.84 Å². The first-order valence-electron chi connectivity index (χ1n) is 7.23. The number of nitrogens with zero attached hydrogens (tertiary/aromatic N) is 1. The molecule has 100 valence electrons. The number of ether oxygens (including phenoxy) is 1. The highest BCUT2D eigenvalue weighted by molar-refractivity contribution is 4.84. The minimum Gasteiger partial charge on any atom is -0.394 e. The van der Waals surface area contributed by atoms with E-state index < -0.39 is 0 Å². The van der Waals surface area contributed by atoms with Crippen LogP contribution >= 0.6 is 0 Å². The van der Waals surface area contributed by atoms with Crippen LogP contribution in [0.5, 0.6) is 0 Å². The number of aliphatic hydroxyl groups excluding tert-OH is 1. The number of rotatable bonds is 3. The van der Waals surface area contributed by atoms with Crippen molar-refractivity contribution in [3.63, 3.8) is 0 Å². The van der Waals surface area contributed by atoms with Gasteiger partial charge >= 0.3 is 0 Å². The number of hydrogen-bond acceptors (Lipinski definition) is 3. The van der Waals surface area contributed by atoms with E-state index in [1.807, 2.05) is 0 Å². The Morgan fingerprint density at radius 1 is 1.18 bits per heavy atom. The van der Waals surface area contributed by atoms with Crippen LogP contribution in [0.4, 0.5) is 0 Å². The van der Waals surface area contributed by atoms with Gasteiger partial charge in [0.05, 0.1) is 18.8 Å². The zero-order valence-electron chi connectivity index (χ0n) is 11.3. The van der Waals surface area contributed by atoms with Gasteiger partial charge in [0.25, 0.3) is 0 Å². The summed E-state index contributed by atoms with van der Waals surface area (Å²) in [6.45, 7) is 6.54. The van der Waals surface area contributed by atoms with E-state index in [2.05, 4.69) is 18.7 Å². The highest BCUT2D eigenvalue weighted by atomic mass is 16.5. The van der Waals surface area contributed by atoms with E-state index in [1.165, 1.54) is 32.1 Å². The predicted octanol–water partition coefficient (Wildman–Crippen LogP) is 2.04. The molecule has 1 heterocycles. The van der Waals surface area contributed by atoms with Crippen LogP contribution in [-0.2, 0) is 4.74 Å². The van der Waals surface area contributed by atoms with Crippen molar-refractivity contribution in [3.8, 4) is 0 Å². The molecule has 3 heteroatoms. The Labute approximate surface area is 105 Å². The Bertz CT molecular complexity index is 226. The van der Waals surface area contributed by atoms with Gasteiger partial charge in [-0.3, -0.25) is 4.90 Å². The van der Waals surface area contributed by atoms with Gasteiger partial charge in [-0.15, -0.1) is 0 Å². The lowest BCUT2D eigenvalue weighted by Crippen LogP contribution is -2.52. The summed E-state index contributed by atoms with van der Waals surface area (Å²) in [4.78, 5) is 2.56. The summed E-state index contributed by atoms with van der Waals surface area (Å²) in [6.07, 6.45) is 7.08. The van der Waals surface area contributed by atoms with E-state index in [9.17, 15) is 5.11 Å². The molecule has 0 aromatic heterocycles. The highest BCUT2D eigenvalue weighted by Crippen LogP contribution is 2.30. The average molecular weight is 241 g/mol. The maximum absolute atomic E-state index is 9.25. The highest BCUT2D eigenvalue weighted by Gasteiger charge is 2.31. The lowest BCUT2D eigenvalue weighted by Gasteiger charge is -2.43. The molecule has 2 unspecified atom stereocenters. The zero-order valence-corrected chi connectivity index (χ0v) is 11.3. The fraction of sp³-hybridized carbons (Fsp3) is 1.00. The second-order valence-corrected chi connectivity index (χ2v) is 5.79. The fourth-order valence-electron chi connectivity index (χ4n) is 3.40. The van der Waals surface area contributed by atoms with Gasteiger partial charge in [-0.1, -0.05) is 13.3 Å². The van der Waals surface area contributed by atoms with Crippen LogP contribution in [-0.4, -0.2) is 48.0 Å². The molecular formula is C14H27NO2. The van der Waals surface area contributed by atoms with Crippen LogP contribution in [0.3, 0.4) is 0 Å². The van der Waals surface area contributed by atoms with E-state index >= 15 is 0 Å². The summed E-state index contributed by atoms with van der Waals surface area (Å²) in [5, 5.41) is 9.25. The van der Waals surface area contributed by atoms with Crippen LogP contribution in [0, 0.1) is 5.92 Å². The van der Waals surface area contributed by atoms with Gasteiger partial charge in [-0.05, 0) is 38.5 Å². The Balaban J connectivity index is 1.85. The number of morpholine rings is 1. The third-order valence-corrected chi connectivity index (χ3v) is 4.47. The molecule has 2 rings (SSSR count). The van der Waals surface area contributed by atoms with Crippen LogP contribution < -0.4 is 0 Å². The zero-order chi connectivity index (χ0) is 12.3. The first-order chi connectivity index (χ1) is 8.22. The van der Waals surface area contributed by atoms with Crippen LogP contribution in [0.2, 0.25) is 0 Å². The molecule has 2 atom stereocenters. The van der Waals surface area contributed by atoms with Gasteiger partial charge in [-0.25, -0.2) is 0 Å². The molecule has 17 heavy (non-hydrogen) atoms. The van der Waals surface area contributed by atoms with Crippen molar-refractivity contribution >= 4 is 0 Å². The molecular weight excluding hydrogens is 214 g/mol. The summed E-state index contributed by atoms with van der Waals surface area (Å²) in [6, 6.07) is 0.734. The summed E-state index contributed by atoms with van der Waals surface area (Å²) in [7, 11) is 0. The average Bonchev–Trinajstić information content (AvgIpc) is 2.38. The molecule has 0 bridgehead atoms. The fourth-order valence-corrected chi connectivity index (χ4v) is 3.40. The SMILES string of the molecule is CCC1CCC(N2CC(C)OC(CO)C2)CC1. The van der Waals surface area contributed by atoms with Crippen molar-refractivity contribution < 1.29 is 9.84 Å². The third-order valence-electron chi connectivity index (χ3n) is 4.47. The molecule has 1 saturated heterocycles. The summed E-state index contributed by atoms with van der Waals surface area (Å²) < 4.78 is 5.71. The second-order valence-electron chi connectivity index (χ2n) is 5.79. The quantitative estimate of drug-likeness (QED) is 0.820. The molecule has 3 nitrogen and oxygen atoms in total. The normalized spacial score (nSPS) is 40.4. The van der Waals surface area contributed by atoms with E-state index in [-0.39, 0.29) is 18.8 Å². The summed E-state index contributed by atoms with van der Waals surface area (Å²) in [5.41, 5.74) is 0. The van der Waals surface area contributed by atoms with Crippen molar-refractivity contribution in [2.45, 2.75) is 64.2 Å². The Hall–Kier alpha value is -0.120. The molecule has 0 aromatic carbocycles. The van der Waals surface area contributed by atoms with Gasteiger partial charge in [-0.2, -0.15) is 0 Å². The van der Waals surface area contributed by atoms with E-state index in [0.29, 0.717) is 0 Å². The van der Waals surface area contributed by atoms with Gasteiger partial charge in [0.2, 0.25) is 0 Å². The molecule has 1 aliphatic heterocycles. The van der Waals surface area contributed by atoms with Crippen molar-refractivity contribution in [2.75, 3.05) is 19.7 Å². The lowest BCUT2D eigenvalue weighted by atomic mass is 9.83. The van der Waals surface area contributed by atoms with Gasteiger partial charge in [0, 0.05) is 19.1 Å². The topological polar surface area (TPSA) is 32.7 Å². The molecule has 1 N–H and O–H groups in total. The molecule has 1 aliphatic carbocycles. The Kier molecular flexibility index (Phi) is 4.83. The summed E-state index contributed by atoms with van der Waals surface area (Å²) in [5.74, 6) is 0.957. The largest absolute Gasteiger partial charge is 0.394 e. The maximum atomic E-state index is 9.25. The van der Waals surface area contributed by atoms with Crippen LogP contribution in [0.25, 0.3) is 0 Å². The number of hydrogen-bond donors (Lipinski definition) is 1. The number of aliphatic hydroxyl groups is 1. The molecule has 0 amide bonds. The van der Waals surface area contributed by atoms with Crippen molar-refractivity contribution in [2.24, 2.45) is 5.92 Å². The second kappa shape index (κ2) is 6.17. The molecule has 2 fully saturated rings. The molecule has 0 radical (unpaired) electrons. The molecule has 1 saturated carbocycles. The van der Waals surface area contributed by atoms with Gasteiger partial charge in [0.15, 0.2) is 0 Å². The maximum Gasteiger partial charge on any atom is 0.0936 e. The standard InChI is InChI=1S/C14H27NO2/c1-3-12-4-6-13(7-5-12)15-8-11(2)17-14(9-15)10-16/h11-14,16H,3-10H2,1-2H3. The van der Waals surface area contributed by atoms with Crippen LogP contribution in [0.1, 0.15) is 46.0 Å². The van der Waals surface area contributed by atoms with Crippen LogP contribution in [0.15, 0.2) is 0 Å². The van der Waals surface area contributed by atoms with Crippen molar-refractivity contribution in [3.05, 3.63) is 0 Å².